The van der Waals surface area contributed by atoms with Crippen molar-refractivity contribution in [2.24, 2.45) is 4.99 Å². The predicted molar refractivity (Wildman–Crippen MR) is 110 cm³/mol. The highest BCUT2D eigenvalue weighted by Crippen LogP contribution is 2.33. The fraction of sp³-hybridized carbons (Fsp3) is 0.350. The van der Waals surface area contributed by atoms with E-state index in [2.05, 4.69) is 64.8 Å². The first-order valence-electron chi connectivity index (χ1n) is 9.14. The summed E-state index contributed by atoms with van der Waals surface area (Å²) in [6.07, 6.45) is 1.04. The molecule has 1 aromatic carbocycles. The van der Waals surface area contributed by atoms with E-state index in [1.165, 1.54) is 22.5 Å². The van der Waals surface area contributed by atoms with Crippen LogP contribution in [0.2, 0.25) is 0 Å². The van der Waals surface area contributed by atoms with Crippen molar-refractivity contribution in [3.63, 3.8) is 0 Å². The van der Waals surface area contributed by atoms with E-state index in [1.807, 2.05) is 6.07 Å². The van der Waals surface area contributed by atoms with Crippen molar-refractivity contribution in [2.45, 2.75) is 33.7 Å². The summed E-state index contributed by atoms with van der Waals surface area (Å²) in [7, 11) is 0. The number of aryl methyl sites for hydroxylation is 1. The van der Waals surface area contributed by atoms with Crippen molar-refractivity contribution in [1.29, 1.82) is 0 Å². The van der Waals surface area contributed by atoms with Gasteiger partial charge in [-0.05, 0) is 44.0 Å². The fourth-order valence-corrected chi connectivity index (χ4v) is 3.95. The van der Waals surface area contributed by atoms with Gasteiger partial charge in [0.25, 0.3) is 0 Å². The van der Waals surface area contributed by atoms with Gasteiger partial charge in [0.1, 0.15) is 0 Å². The maximum Gasteiger partial charge on any atom is 0.231 e. The quantitative estimate of drug-likeness (QED) is 0.821. The van der Waals surface area contributed by atoms with Crippen LogP contribution in [0.1, 0.15) is 35.9 Å². The van der Waals surface area contributed by atoms with E-state index in [1.54, 1.807) is 11.8 Å². The number of rotatable bonds is 5. The summed E-state index contributed by atoms with van der Waals surface area (Å²) in [6.45, 7) is 8.36. The van der Waals surface area contributed by atoms with E-state index in [0.29, 0.717) is 6.79 Å². The molecule has 0 aliphatic carbocycles. The molecule has 0 bridgehead atoms. The number of nitrogens with one attached hydrogen (secondary N) is 2. The van der Waals surface area contributed by atoms with Crippen LogP contribution in [0.15, 0.2) is 34.7 Å². The average Bonchev–Trinajstić information content (AvgIpc) is 3.26. The Hall–Kier alpha value is -2.54. The van der Waals surface area contributed by atoms with Crippen LogP contribution in [0.4, 0.5) is 0 Å². The molecule has 0 saturated carbocycles. The van der Waals surface area contributed by atoms with Crippen molar-refractivity contribution < 1.29 is 9.47 Å². The van der Waals surface area contributed by atoms with Gasteiger partial charge in [0, 0.05) is 35.4 Å². The van der Waals surface area contributed by atoms with Gasteiger partial charge in [-0.25, -0.2) is 0 Å². The van der Waals surface area contributed by atoms with Gasteiger partial charge in [0.15, 0.2) is 16.7 Å². The van der Waals surface area contributed by atoms with Gasteiger partial charge < -0.3 is 14.0 Å². The van der Waals surface area contributed by atoms with Gasteiger partial charge in [-0.2, -0.15) is 0 Å². The molecule has 3 heterocycles. The minimum atomic E-state index is 0.304. The predicted octanol–water partition coefficient (Wildman–Crippen LogP) is 3.79. The molecule has 7 heteroatoms. The third-order valence-corrected chi connectivity index (χ3v) is 5.52. The van der Waals surface area contributed by atoms with Gasteiger partial charge in [-0.3, -0.25) is 15.8 Å². The van der Waals surface area contributed by atoms with Crippen LogP contribution in [0.5, 0.6) is 11.5 Å². The van der Waals surface area contributed by atoms with Gasteiger partial charge in [-0.1, -0.05) is 24.8 Å². The molecule has 0 saturated heterocycles. The highest BCUT2D eigenvalue weighted by atomic mass is 32.2. The summed E-state index contributed by atoms with van der Waals surface area (Å²) in [6, 6.07) is 8.36. The summed E-state index contributed by atoms with van der Waals surface area (Å²) < 4.78 is 13.2. The fourth-order valence-electron chi connectivity index (χ4n) is 3.25. The molecule has 0 fully saturated rings. The molecule has 6 nitrogen and oxygen atoms in total. The number of hydrogen-bond acceptors (Lipinski definition) is 5. The van der Waals surface area contributed by atoms with Crippen LogP contribution in [0, 0.1) is 13.8 Å². The first-order chi connectivity index (χ1) is 13.2. The second kappa shape index (κ2) is 7.60. The van der Waals surface area contributed by atoms with E-state index in [-0.39, 0.29) is 0 Å². The third kappa shape index (κ3) is 3.64. The SMILES string of the molecule is CCCN=C1NNC(c2cc(C)n(Cc3ccc4c(c3)OCO4)c2C)=CS1. The number of ether oxygens (including phenoxy) is 2. The molecule has 2 N–H and O–H groups in total. The molecule has 0 spiro atoms. The highest BCUT2D eigenvalue weighted by molar-refractivity contribution is 8.16. The molecule has 0 amide bonds. The van der Waals surface area contributed by atoms with E-state index < -0.39 is 0 Å². The molecule has 0 unspecified atom stereocenters. The van der Waals surface area contributed by atoms with Crippen molar-refractivity contribution >= 4 is 22.6 Å². The molecule has 0 atom stereocenters. The van der Waals surface area contributed by atoms with E-state index in [9.17, 15) is 0 Å². The molecule has 0 radical (unpaired) electrons. The van der Waals surface area contributed by atoms with Crippen molar-refractivity contribution in [1.82, 2.24) is 15.4 Å². The third-order valence-electron chi connectivity index (χ3n) is 4.71. The zero-order valence-corrected chi connectivity index (χ0v) is 16.7. The first-order valence-corrected chi connectivity index (χ1v) is 10.0. The zero-order valence-electron chi connectivity index (χ0n) is 15.8. The number of hydrazine groups is 1. The Labute approximate surface area is 163 Å². The smallest absolute Gasteiger partial charge is 0.231 e. The number of amidine groups is 1. The van der Waals surface area contributed by atoms with Crippen molar-refractivity contribution in [3.05, 3.63) is 52.2 Å². The Morgan fingerprint density at radius 2 is 2.00 bits per heavy atom. The second-order valence-corrected chi connectivity index (χ2v) is 7.50. The summed E-state index contributed by atoms with van der Waals surface area (Å²) in [5.74, 6) is 1.65. The number of fused-ring (bicyclic) bond motifs is 1. The van der Waals surface area contributed by atoms with E-state index >= 15 is 0 Å². The Kier molecular flexibility index (Phi) is 5.03. The normalized spacial score (nSPS) is 16.9. The zero-order chi connectivity index (χ0) is 18.8. The first kappa shape index (κ1) is 17.9. The molecule has 142 valence electrons. The summed E-state index contributed by atoms with van der Waals surface area (Å²) >= 11 is 1.62. The van der Waals surface area contributed by atoms with Crippen LogP contribution in [-0.2, 0) is 6.54 Å². The molecule has 2 aliphatic rings. The lowest BCUT2D eigenvalue weighted by Gasteiger charge is -2.19. The molecule has 1 aromatic heterocycles. The van der Waals surface area contributed by atoms with Gasteiger partial charge in [0.2, 0.25) is 6.79 Å². The van der Waals surface area contributed by atoms with Crippen LogP contribution >= 0.6 is 11.8 Å². The van der Waals surface area contributed by atoms with E-state index in [4.69, 9.17) is 9.47 Å². The summed E-state index contributed by atoms with van der Waals surface area (Å²) in [4.78, 5) is 4.49. The van der Waals surface area contributed by atoms with Crippen LogP contribution < -0.4 is 20.3 Å². The molecule has 2 aromatic rings. The number of benzene rings is 1. The Bertz CT molecular complexity index is 917. The minimum Gasteiger partial charge on any atom is -0.454 e. The molecular formula is C20H24N4O2S. The van der Waals surface area contributed by atoms with Crippen LogP contribution in [0.25, 0.3) is 5.70 Å². The number of aromatic nitrogens is 1. The van der Waals surface area contributed by atoms with Crippen molar-refractivity contribution in [3.8, 4) is 11.5 Å². The Balaban J connectivity index is 1.55. The summed E-state index contributed by atoms with van der Waals surface area (Å²) in [5, 5.41) is 3.03. The summed E-state index contributed by atoms with van der Waals surface area (Å²) in [5.41, 5.74) is 12.4. The van der Waals surface area contributed by atoms with Crippen molar-refractivity contribution in [2.75, 3.05) is 13.3 Å². The largest absolute Gasteiger partial charge is 0.454 e. The van der Waals surface area contributed by atoms with Gasteiger partial charge >= 0.3 is 0 Å². The topological polar surface area (TPSA) is 59.8 Å². The number of thioether (sulfide) groups is 1. The van der Waals surface area contributed by atoms with Gasteiger partial charge in [0.05, 0.1) is 5.70 Å². The van der Waals surface area contributed by atoms with Gasteiger partial charge in [-0.15, -0.1) is 0 Å². The highest BCUT2D eigenvalue weighted by Gasteiger charge is 2.18. The average molecular weight is 385 g/mol. The van der Waals surface area contributed by atoms with Crippen LogP contribution in [-0.4, -0.2) is 23.1 Å². The lowest BCUT2D eigenvalue weighted by molar-refractivity contribution is 0.174. The molecule has 2 aliphatic heterocycles. The molecular weight excluding hydrogens is 360 g/mol. The maximum atomic E-state index is 5.50. The Morgan fingerprint density at radius 3 is 2.78 bits per heavy atom. The standard InChI is InChI=1S/C20H24N4O2S/c1-4-7-21-20-23-22-17(11-27-20)16-8-13(2)24(14(16)3)10-15-5-6-18-19(9-15)26-12-25-18/h5-6,8-9,11,22H,4,7,10,12H2,1-3H3,(H,21,23). The second-order valence-electron chi connectivity index (χ2n) is 6.64. The number of aliphatic imine (C=N–C) groups is 1. The molecule has 27 heavy (non-hydrogen) atoms. The van der Waals surface area contributed by atoms with Crippen LogP contribution in [0.3, 0.4) is 0 Å². The lowest BCUT2D eigenvalue weighted by atomic mass is 10.2. The Morgan fingerprint density at radius 1 is 1.15 bits per heavy atom. The number of nitrogens with zero attached hydrogens (tertiary/aromatic N) is 2. The van der Waals surface area contributed by atoms with E-state index in [0.717, 1.165) is 41.9 Å². The molecule has 4 rings (SSSR count). The monoisotopic (exact) mass is 384 g/mol. The maximum absolute atomic E-state index is 5.50. The minimum absolute atomic E-state index is 0.304. The lowest BCUT2D eigenvalue weighted by Crippen LogP contribution is -2.37. The number of hydrogen-bond donors (Lipinski definition) is 2.